The standard InChI is InChI=1S/C13H18Cl2N2O.ClH/c1-10-9-16-4-5-17(10)6-7-18-13-8-11(14)2-3-12(13)15;/h2-3,8,10,16H,4-7,9H2,1H3;1H/t10-;/m1./s1. The average molecular weight is 326 g/mol. The van der Waals surface area contributed by atoms with Gasteiger partial charge in [0.05, 0.1) is 5.02 Å². The van der Waals surface area contributed by atoms with Crippen LogP contribution in [0.15, 0.2) is 18.2 Å². The number of ether oxygens (including phenoxy) is 1. The molecule has 1 heterocycles. The highest BCUT2D eigenvalue weighted by Crippen LogP contribution is 2.27. The van der Waals surface area contributed by atoms with Gasteiger partial charge in [-0.05, 0) is 19.1 Å². The zero-order valence-corrected chi connectivity index (χ0v) is 13.2. The lowest BCUT2D eigenvalue weighted by Crippen LogP contribution is -2.50. The predicted molar refractivity (Wildman–Crippen MR) is 83.1 cm³/mol. The van der Waals surface area contributed by atoms with E-state index in [2.05, 4.69) is 17.1 Å². The Morgan fingerprint density at radius 2 is 2.21 bits per heavy atom. The normalized spacial score (nSPS) is 19.8. The van der Waals surface area contributed by atoms with Crippen molar-refractivity contribution in [3.63, 3.8) is 0 Å². The number of hydrogen-bond donors (Lipinski definition) is 1. The molecule has 0 amide bonds. The van der Waals surface area contributed by atoms with Gasteiger partial charge in [0.2, 0.25) is 0 Å². The second kappa shape index (κ2) is 8.18. The van der Waals surface area contributed by atoms with Crippen LogP contribution in [-0.2, 0) is 0 Å². The molecule has 1 saturated heterocycles. The van der Waals surface area contributed by atoms with E-state index < -0.39 is 0 Å². The molecule has 108 valence electrons. The number of rotatable bonds is 4. The molecule has 1 fully saturated rings. The van der Waals surface area contributed by atoms with Gasteiger partial charge >= 0.3 is 0 Å². The number of piperazine rings is 1. The third-order valence-corrected chi connectivity index (χ3v) is 3.72. The fraction of sp³-hybridized carbons (Fsp3) is 0.538. The summed E-state index contributed by atoms with van der Waals surface area (Å²) in [5, 5.41) is 4.62. The van der Waals surface area contributed by atoms with Crippen LogP contribution in [0.25, 0.3) is 0 Å². The van der Waals surface area contributed by atoms with Gasteiger partial charge in [-0.1, -0.05) is 23.2 Å². The van der Waals surface area contributed by atoms with Gasteiger partial charge in [0.1, 0.15) is 12.4 Å². The smallest absolute Gasteiger partial charge is 0.139 e. The zero-order valence-electron chi connectivity index (χ0n) is 10.9. The summed E-state index contributed by atoms with van der Waals surface area (Å²) in [7, 11) is 0. The van der Waals surface area contributed by atoms with E-state index in [9.17, 15) is 0 Å². The van der Waals surface area contributed by atoms with Gasteiger partial charge < -0.3 is 10.1 Å². The minimum Gasteiger partial charge on any atom is -0.491 e. The van der Waals surface area contributed by atoms with E-state index in [-0.39, 0.29) is 12.4 Å². The van der Waals surface area contributed by atoms with E-state index in [0.717, 1.165) is 26.2 Å². The van der Waals surface area contributed by atoms with Gasteiger partial charge in [-0.2, -0.15) is 0 Å². The Morgan fingerprint density at radius 3 is 2.95 bits per heavy atom. The Kier molecular flexibility index (Phi) is 7.26. The van der Waals surface area contributed by atoms with E-state index in [1.54, 1.807) is 18.2 Å². The summed E-state index contributed by atoms with van der Waals surface area (Å²) < 4.78 is 5.69. The van der Waals surface area contributed by atoms with Crippen molar-refractivity contribution < 1.29 is 4.74 Å². The minimum absolute atomic E-state index is 0. The number of halogens is 3. The maximum atomic E-state index is 6.04. The predicted octanol–water partition coefficient (Wildman–Crippen LogP) is 3.09. The maximum Gasteiger partial charge on any atom is 0.139 e. The van der Waals surface area contributed by atoms with Crippen molar-refractivity contribution in [2.75, 3.05) is 32.8 Å². The maximum absolute atomic E-state index is 6.04. The minimum atomic E-state index is 0. The summed E-state index contributed by atoms with van der Waals surface area (Å²) >= 11 is 11.9. The summed E-state index contributed by atoms with van der Waals surface area (Å²) in [4.78, 5) is 2.41. The molecule has 6 heteroatoms. The van der Waals surface area contributed by atoms with Gasteiger partial charge in [-0.15, -0.1) is 12.4 Å². The molecule has 1 aromatic carbocycles. The van der Waals surface area contributed by atoms with Gasteiger partial charge in [0.25, 0.3) is 0 Å². The van der Waals surface area contributed by atoms with Gasteiger partial charge in [0.15, 0.2) is 0 Å². The van der Waals surface area contributed by atoms with Crippen molar-refractivity contribution >= 4 is 35.6 Å². The zero-order chi connectivity index (χ0) is 13.0. The first-order valence-electron chi connectivity index (χ1n) is 6.19. The molecular weight excluding hydrogens is 307 g/mol. The van der Waals surface area contributed by atoms with E-state index in [1.165, 1.54) is 0 Å². The number of hydrogen-bond acceptors (Lipinski definition) is 3. The first-order valence-corrected chi connectivity index (χ1v) is 6.95. The summed E-state index contributed by atoms with van der Waals surface area (Å²) in [6.07, 6.45) is 0. The summed E-state index contributed by atoms with van der Waals surface area (Å²) in [5.74, 6) is 0.659. The van der Waals surface area contributed by atoms with Crippen LogP contribution in [0.5, 0.6) is 5.75 Å². The lowest BCUT2D eigenvalue weighted by molar-refractivity contribution is 0.143. The molecule has 19 heavy (non-hydrogen) atoms. The Bertz CT molecular complexity index is 403. The summed E-state index contributed by atoms with van der Waals surface area (Å²) in [6, 6.07) is 5.82. The fourth-order valence-electron chi connectivity index (χ4n) is 2.08. The molecule has 1 atom stereocenters. The first kappa shape index (κ1) is 16.9. The van der Waals surface area contributed by atoms with Crippen LogP contribution < -0.4 is 10.1 Å². The van der Waals surface area contributed by atoms with Crippen molar-refractivity contribution in [3.05, 3.63) is 28.2 Å². The van der Waals surface area contributed by atoms with Crippen LogP contribution >= 0.6 is 35.6 Å². The van der Waals surface area contributed by atoms with E-state index in [4.69, 9.17) is 27.9 Å². The van der Waals surface area contributed by atoms with Crippen LogP contribution in [0, 0.1) is 0 Å². The van der Waals surface area contributed by atoms with E-state index in [0.29, 0.717) is 28.4 Å². The second-order valence-corrected chi connectivity index (χ2v) is 5.36. The highest BCUT2D eigenvalue weighted by Gasteiger charge is 2.17. The molecule has 0 bridgehead atoms. The number of benzene rings is 1. The lowest BCUT2D eigenvalue weighted by Gasteiger charge is -2.33. The fourth-order valence-corrected chi connectivity index (χ4v) is 2.41. The molecule has 0 radical (unpaired) electrons. The molecule has 1 aliphatic rings. The largest absolute Gasteiger partial charge is 0.491 e. The Hall–Kier alpha value is -0.190. The molecule has 1 aromatic rings. The monoisotopic (exact) mass is 324 g/mol. The van der Waals surface area contributed by atoms with Crippen LogP contribution in [0.4, 0.5) is 0 Å². The molecule has 3 nitrogen and oxygen atoms in total. The molecule has 2 rings (SSSR count). The average Bonchev–Trinajstić information content (AvgIpc) is 2.36. The number of nitrogens with zero attached hydrogens (tertiary/aromatic N) is 1. The molecule has 0 spiro atoms. The van der Waals surface area contributed by atoms with Crippen LogP contribution in [0.3, 0.4) is 0 Å². The van der Waals surface area contributed by atoms with Crippen molar-refractivity contribution in [2.24, 2.45) is 0 Å². The van der Waals surface area contributed by atoms with E-state index in [1.807, 2.05) is 0 Å². The van der Waals surface area contributed by atoms with Gasteiger partial charge in [-0.3, -0.25) is 4.90 Å². The van der Waals surface area contributed by atoms with Crippen molar-refractivity contribution in [1.29, 1.82) is 0 Å². The Balaban J connectivity index is 0.00000180. The third kappa shape index (κ3) is 5.01. The topological polar surface area (TPSA) is 24.5 Å². The first-order chi connectivity index (χ1) is 8.66. The van der Waals surface area contributed by atoms with Crippen molar-refractivity contribution in [1.82, 2.24) is 10.2 Å². The van der Waals surface area contributed by atoms with Gasteiger partial charge in [0, 0.05) is 43.3 Å². The van der Waals surface area contributed by atoms with Crippen molar-refractivity contribution in [3.8, 4) is 5.75 Å². The van der Waals surface area contributed by atoms with Crippen LogP contribution in [0.1, 0.15) is 6.92 Å². The Morgan fingerprint density at radius 1 is 1.42 bits per heavy atom. The molecular formula is C13H19Cl3N2O. The van der Waals surface area contributed by atoms with Crippen LogP contribution in [0.2, 0.25) is 10.0 Å². The molecule has 1 N–H and O–H groups in total. The highest BCUT2D eigenvalue weighted by molar-refractivity contribution is 6.34. The second-order valence-electron chi connectivity index (χ2n) is 4.51. The molecule has 0 unspecified atom stereocenters. The molecule has 0 aliphatic carbocycles. The third-order valence-electron chi connectivity index (χ3n) is 3.17. The number of nitrogens with one attached hydrogen (secondary N) is 1. The van der Waals surface area contributed by atoms with Gasteiger partial charge in [-0.25, -0.2) is 0 Å². The highest BCUT2D eigenvalue weighted by atomic mass is 35.5. The van der Waals surface area contributed by atoms with Crippen molar-refractivity contribution in [2.45, 2.75) is 13.0 Å². The lowest BCUT2D eigenvalue weighted by atomic mass is 10.2. The van der Waals surface area contributed by atoms with E-state index >= 15 is 0 Å². The quantitative estimate of drug-likeness (QED) is 0.920. The summed E-state index contributed by atoms with van der Waals surface area (Å²) in [5.41, 5.74) is 0. The van der Waals surface area contributed by atoms with Crippen LogP contribution in [-0.4, -0.2) is 43.7 Å². The molecule has 1 aliphatic heterocycles. The SMILES string of the molecule is C[C@@H]1CNCCN1CCOc1cc(Cl)ccc1Cl.Cl. The Labute approximate surface area is 130 Å². The molecule has 0 saturated carbocycles. The summed E-state index contributed by atoms with van der Waals surface area (Å²) in [6.45, 7) is 6.91. The molecule has 0 aromatic heterocycles.